The molecule has 0 bridgehead atoms. The van der Waals surface area contributed by atoms with E-state index in [-0.39, 0.29) is 29.3 Å². The molecule has 3 N–H and O–H groups in total. The van der Waals surface area contributed by atoms with Crippen LogP contribution in [0.1, 0.15) is 39.1 Å². The molecular formula is C19H21N3O4S. The number of hydrogen-bond donors (Lipinski definition) is 3. The summed E-state index contributed by atoms with van der Waals surface area (Å²) in [5, 5.41) is 5.32. The van der Waals surface area contributed by atoms with Crippen LogP contribution < -0.4 is 15.4 Å². The van der Waals surface area contributed by atoms with Crippen LogP contribution in [0.25, 0.3) is 0 Å². The molecule has 142 valence electrons. The molecule has 27 heavy (non-hydrogen) atoms. The first kappa shape index (κ1) is 19.1. The van der Waals surface area contributed by atoms with Gasteiger partial charge in [-0.2, -0.15) is 0 Å². The number of sulfonamides is 1. The minimum atomic E-state index is -3.53. The van der Waals surface area contributed by atoms with Gasteiger partial charge in [0.15, 0.2) is 0 Å². The molecule has 2 aromatic rings. The molecule has 8 heteroatoms. The van der Waals surface area contributed by atoms with Crippen LogP contribution in [0.2, 0.25) is 0 Å². The number of carbonyl (C=O) groups excluding carboxylic acids is 2. The molecule has 0 aliphatic heterocycles. The molecule has 0 unspecified atom stereocenters. The Morgan fingerprint density at radius 2 is 1.70 bits per heavy atom. The summed E-state index contributed by atoms with van der Waals surface area (Å²) in [6, 6.07) is 12.8. The van der Waals surface area contributed by atoms with E-state index in [0.29, 0.717) is 11.1 Å². The molecule has 1 fully saturated rings. The van der Waals surface area contributed by atoms with Gasteiger partial charge in [0.05, 0.1) is 4.90 Å². The Kier molecular flexibility index (Phi) is 5.57. The van der Waals surface area contributed by atoms with Crippen molar-refractivity contribution >= 4 is 21.8 Å². The summed E-state index contributed by atoms with van der Waals surface area (Å²) in [6.07, 6.45) is 1.72. The Bertz CT molecular complexity index is 951. The fraction of sp³-hybridized carbons (Fsp3) is 0.263. The highest BCUT2D eigenvalue weighted by Crippen LogP contribution is 2.22. The van der Waals surface area contributed by atoms with E-state index in [0.717, 1.165) is 18.4 Å². The Hall–Kier alpha value is -2.71. The van der Waals surface area contributed by atoms with Gasteiger partial charge in [-0.1, -0.05) is 12.1 Å². The second-order valence-electron chi connectivity index (χ2n) is 6.38. The average molecular weight is 387 g/mol. The van der Waals surface area contributed by atoms with Crippen molar-refractivity contribution in [2.45, 2.75) is 30.3 Å². The molecule has 0 spiro atoms. The number of benzene rings is 2. The summed E-state index contributed by atoms with van der Waals surface area (Å²) in [5.41, 5.74) is 1.67. The summed E-state index contributed by atoms with van der Waals surface area (Å²) in [4.78, 5) is 24.1. The average Bonchev–Trinajstić information content (AvgIpc) is 3.49. The minimum absolute atomic E-state index is 0.0310. The Balaban J connectivity index is 1.62. The highest BCUT2D eigenvalue weighted by atomic mass is 32.2. The largest absolute Gasteiger partial charge is 0.355 e. The van der Waals surface area contributed by atoms with Crippen molar-refractivity contribution < 1.29 is 18.0 Å². The zero-order valence-electron chi connectivity index (χ0n) is 14.9. The quantitative estimate of drug-likeness (QED) is 0.668. The van der Waals surface area contributed by atoms with Gasteiger partial charge in [0.2, 0.25) is 10.0 Å². The number of amides is 2. The smallest absolute Gasteiger partial charge is 0.251 e. The molecule has 0 saturated heterocycles. The molecule has 0 atom stereocenters. The van der Waals surface area contributed by atoms with E-state index < -0.39 is 10.0 Å². The van der Waals surface area contributed by atoms with E-state index >= 15 is 0 Å². The molecule has 0 aromatic heterocycles. The van der Waals surface area contributed by atoms with Crippen LogP contribution in [-0.4, -0.2) is 33.3 Å². The van der Waals surface area contributed by atoms with Gasteiger partial charge < -0.3 is 10.6 Å². The first-order chi connectivity index (χ1) is 12.9. The van der Waals surface area contributed by atoms with Gasteiger partial charge in [0.1, 0.15) is 0 Å². The van der Waals surface area contributed by atoms with E-state index in [9.17, 15) is 18.0 Å². The van der Waals surface area contributed by atoms with Gasteiger partial charge in [0.25, 0.3) is 11.8 Å². The van der Waals surface area contributed by atoms with E-state index in [1.54, 1.807) is 25.2 Å². The maximum atomic E-state index is 12.3. The second kappa shape index (κ2) is 7.89. The van der Waals surface area contributed by atoms with Gasteiger partial charge in [0, 0.05) is 30.8 Å². The van der Waals surface area contributed by atoms with E-state index in [1.807, 2.05) is 6.07 Å². The van der Waals surface area contributed by atoms with Crippen LogP contribution >= 0.6 is 0 Å². The zero-order valence-corrected chi connectivity index (χ0v) is 15.7. The molecule has 1 aliphatic rings. The van der Waals surface area contributed by atoms with Gasteiger partial charge in [-0.25, -0.2) is 13.1 Å². The van der Waals surface area contributed by atoms with Crippen molar-refractivity contribution in [3.05, 3.63) is 65.2 Å². The fourth-order valence-corrected chi connectivity index (χ4v) is 3.83. The summed E-state index contributed by atoms with van der Waals surface area (Å²) in [7, 11) is -1.97. The monoisotopic (exact) mass is 387 g/mol. The molecule has 2 amide bonds. The van der Waals surface area contributed by atoms with Crippen molar-refractivity contribution in [2.75, 3.05) is 7.05 Å². The second-order valence-corrected chi connectivity index (χ2v) is 8.10. The molecule has 1 saturated carbocycles. The van der Waals surface area contributed by atoms with Crippen LogP contribution in [-0.2, 0) is 16.6 Å². The van der Waals surface area contributed by atoms with E-state index in [2.05, 4.69) is 15.4 Å². The zero-order chi connectivity index (χ0) is 19.4. The van der Waals surface area contributed by atoms with Gasteiger partial charge in [-0.05, 0) is 54.8 Å². The van der Waals surface area contributed by atoms with Gasteiger partial charge >= 0.3 is 0 Å². The lowest BCUT2D eigenvalue weighted by molar-refractivity contribution is 0.0948. The molecule has 2 aromatic carbocycles. The molecule has 0 radical (unpaired) electrons. The summed E-state index contributed by atoms with van der Waals surface area (Å²) in [5.74, 6) is -0.515. The van der Waals surface area contributed by atoms with Crippen molar-refractivity contribution in [3.63, 3.8) is 0 Å². The van der Waals surface area contributed by atoms with Crippen LogP contribution in [0.4, 0.5) is 0 Å². The number of nitrogens with one attached hydrogen (secondary N) is 3. The Labute approximate surface area is 158 Å². The van der Waals surface area contributed by atoms with Crippen LogP contribution in [0.15, 0.2) is 53.4 Å². The highest BCUT2D eigenvalue weighted by Gasteiger charge is 2.27. The van der Waals surface area contributed by atoms with Crippen molar-refractivity contribution in [1.82, 2.24) is 15.4 Å². The first-order valence-electron chi connectivity index (χ1n) is 8.60. The predicted octanol–water partition coefficient (Wildman–Crippen LogP) is 1.42. The van der Waals surface area contributed by atoms with Crippen molar-refractivity contribution in [3.8, 4) is 0 Å². The van der Waals surface area contributed by atoms with Crippen LogP contribution in [0.3, 0.4) is 0 Å². The third-order valence-corrected chi connectivity index (χ3v) is 5.73. The van der Waals surface area contributed by atoms with Gasteiger partial charge in [-0.3, -0.25) is 9.59 Å². The summed E-state index contributed by atoms with van der Waals surface area (Å²) in [6.45, 7) is 0.257. The lowest BCUT2D eigenvalue weighted by Gasteiger charge is -2.08. The lowest BCUT2D eigenvalue weighted by atomic mass is 10.1. The molecule has 0 heterocycles. The molecule has 1 aliphatic carbocycles. The predicted molar refractivity (Wildman–Crippen MR) is 101 cm³/mol. The highest BCUT2D eigenvalue weighted by molar-refractivity contribution is 7.89. The van der Waals surface area contributed by atoms with Crippen LogP contribution in [0, 0.1) is 0 Å². The SMILES string of the molecule is CNC(=O)c1cccc(CNC(=O)c2ccc(S(=O)(=O)NC3CC3)cc2)c1. The Morgan fingerprint density at radius 3 is 2.33 bits per heavy atom. The first-order valence-corrected chi connectivity index (χ1v) is 10.1. The summed E-state index contributed by atoms with van der Waals surface area (Å²) < 4.78 is 26.9. The van der Waals surface area contributed by atoms with Crippen LogP contribution in [0.5, 0.6) is 0 Å². The topological polar surface area (TPSA) is 104 Å². The van der Waals surface area contributed by atoms with Crippen molar-refractivity contribution in [1.29, 1.82) is 0 Å². The Morgan fingerprint density at radius 1 is 1.00 bits per heavy atom. The third-order valence-electron chi connectivity index (χ3n) is 4.20. The van der Waals surface area contributed by atoms with E-state index in [4.69, 9.17) is 0 Å². The maximum Gasteiger partial charge on any atom is 0.251 e. The summed E-state index contributed by atoms with van der Waals surface area (Å²) >= 11 is 0. The lowest BCUT2D eigenvalue weighted by Crippen LogP contribution is -2.26. The number of hydrogen-bond acceptors (Lipinski definition) is 4. The molecule has 7 nitrogen and oxygen atoms in total. The molecular weight excluding hydrogens is 366 g/mol. The maximum absolute atomic E-state index is 12.3. The minimum Gasteiger partial charge on any atom is -0.355 e. The van der Waals surface area contributed by atoms with E-state index in [1.165, 1.54) is 24.3 Å². The number of carbonyl (C=O) groups is 2. The van der Waals surface area contributed by atoms with Crippen molar-refractivity contribution in [2.24, 2.45) is 0 Å². The number of rotatable bonds is 7. The fourth-order valence-electron chi connectivity index (χ4n) is 2.53. The third kappa shape index (κ3) is 4.93. The standard InChI is InChI=1S/C19H21N3O4S/c1-20-18(23)15-4-2-3-13(11-15)12-21-19(24)14-5-9-17(10-6-14)27(25,26)22-16-7-8-16/h2-6,9-11,16,22H,7-8,12H2,1H3,(H,20,23)(H,21,24). The molecule has 3 rings (SSSR count). The normalized spacial score (nSPS) is 13.8. The van der Waals surface area contributed by atoms with Gasteiger partial charge in [-0.15, -0.1) is 0 Å².